The molecule has 21 heavy (non-hydrogen) atoms. The van der Waals surface area contributed by atoms with Gasteiger partial charge in [-0.2, -0.15) is 0 Å². The molecule has 0 heterocycles. The molecule has 0 unspecified atom stereocenters. The molecule has 0 rings (SSSR count). The zero-order valence-electron chi connectivity index (χ0n) is 12.0. The summed E-state index contributed by atoms with van der Waals surface area (Å²) in [6, 6.07) is 0. The van der Waals surface area contributed by atoms with E-state index >= 15 is 0 Å². The molecule has 9 heteroatoms. The van der Waals surface area contributed by atoms with Crippen LogP contribution in [0.1, 0.15) is 27.7 Å². The second-order valence-electron chi connectivity index (χ2n) is 4.22. The molecule has 1 N–H and O–H groups in total. The van der Waals surface area contributed by atoms with Crippen LogP contribution in [0.15, 0.2) is 0 Å². The topological polar surface area (TPSA) is 116 Å². The third kappa shape index (κ3) is 7.19. The van der Waals surface area contributed by atoms with Gasteiger partial charge in [0.2, 0.25) is 10.8 Å². The lowest BCUT2D eigenvalue weighted by Crippen LogP contribution is -2.51. The average Bonchev–Trinajstić information content (AvgIpc) is 2.29. The monoisotopic (exact) mass is 368 g/mol. The van der Waals surface area contributed by atoms with Crippen LogP contribution in [-0.2, 0) is 33.4 Å². The summed E-state index contributed by atoms with van der Waals surface area (Å²) in [7, 11) is 0. The van der Waals surface area contributed by atoms with Crippen LogP contribution in [0.5, 0.6) is 0 Å². The summed E-state index contributed by atoms with van der Waals surface area (Å²) < 4.78 is 13.7. The smallest absolute Gasteiger partial charge is 0.303 e. The van der Waals surface area contributed by atoms with E-state index < -0.39 is 47.0 Å². The number of halogens is 1. The van der Waals surface area contributed by atoms with Crippen molar-refractivity contribution in [1.29, 1.82) is 0 Å². The third-order valence-corrected chi connectivity index (χ3v) is 2.67. The van der Waals surface area contributed by atoms with E-state index in [4.69, 9.17) is 14.2 Å². The molecule has 0 aromatic carbocycles. The number of esters is 3. The number of ether oxygens (including phenoxy) is 3. The van der Waals surface area contributed by atoms with Crippen molar-refractivity contribution in [3.05, 3.63) is 0 Å². The molecule has 0 aromatic rings. The number of rotatable bonds is 7. The van der Waals surface area contributed by atoms with E-state index in [-0.39, 0.29) is 0 Å². The van der Waals surface area contributed by atoms with Gasteiger partial charge in [0, 0.05) is 20.8 Å². The van der Waals surface area contributed by atoms with Crippen molar-refractivity contribution >= 4 is 38.5 Å². The predicted octanol–water partition coefficient (Wildman–Crippen LogP) is 0.0838. The van der Waals surface area contributed by atoms with Gasteiger partial charge in [-0.15, -0.1) is 0 Å². The molecule has 0 radical (unpaired) electrons. The summed E-state index contributed by atoms with van der Waals surface area (Å²) in [5.74, 6) is -2.37. The van der Waals surface area contributed by atoms with Crippen LogP contribution in [-0.4, -0.2) is 52.1 Å². The summed E-state index contributed by atoms with van der Waals surface area (Å²) in [4.78, 5) is 44.9. The fraction of sp³-hybridized carbons (Fsp3) is 0.667. The number of carbonyl (C=O) groups is 4. The van der Waals surface area contributed by atoms with Crippen molar-refractivity contribution in [2.75, 3.05) is 0 Å². The predicted molar refractivity (Wildman–Crippen MR) is 72.3 cm³/mol. The summed E-state index contributed by atoms with van der Waals surface area (Å²) >= 11 is 2.61. The van der Waals surface area contributed by atoms with Gasteiger partial charge in [-0.25, -0.2) is 0 Å². The first-order valence-electron chi connectivity index (χ1n) is 5.95. The Kier molecular flexibility index (Phi) is 8.11. The minimum atomic E-state index is -1.56. The molecule has 0 fully saturated rings. The van der Waals surface area contributed by atoms with Crippen molar-refractivity contribution in [3.8, 4) is 0 Å². The molecule has 0 aromatic heterocycles. The van der Waals surface area contributed by atoms with E-state index in [9.17, 15) is 24.3 Å². The minimum absolute atomic E-state index is 0.762. The van der Waals surface area contributed by atoms with Crippen LogP contribution in [0.25, 0.3) is 0 Å². The highest BCUT2D eigenvalue weighted by Gasteiger charge is 2.42. The Labute approximate surface area is 129 Å². The van der Waals surface area contributed by atoms with Crippen molar-refractivity contribution < 1.29 is 38.5 Å². The summed E-state index contributed by atoms with van der Waals surface area (Å²) in [5, 5.41) is 9.67. The summed E-state index contributed by atoms with van der Waals surface area (Å²) in [6.45, 7) is 4.46. The van der Waals surface area contributed by atoms with Gasteiger partial charge in [0.05, 0.1) is 6.10 Å². The molecule has 0 bridgehead atoms. The van der Waals surface area contributed by atoms with Crippen molar-refractivity contribution in [3.63, 3.8) is 0 Å². The second-order valence-corrected chi connectivity index (χ2v) is 5.00. The lowest BCUT2D eigenvalue weighted by Gasteiger charge is -2.31. The largest absolute Gasteiger partial charge is 0.456 e. The molecule has 0 amide bonds. The molecule has 0 saturated heterocycles. The van der Waals surface area contributed by atoms with E-state index in [0.29, 0.717) is 0 Å². The van der Waals surface area contributed by atoms with Crippen LogP contribution in [0.4, 0.5) is 0 Å². The summed E-state index contributed by atoms with van der Waals surface area (Å²) in [5.41, 5.74) is 0. The first-order chi connectivity index (χ1) is 9.56. The molecular formula is C12H17BrO8. The van der Waals surface area contributed by atoms with E-state index in [2.05, 4.69) is 15.9 Å². The van der Waals surface area contributed by atoms with Crippen molar-refractivity contribution in [1.82, 2.24) is 0 Å². The SMILES string of the molecule is CC(=O)O[C@H]([C@@H](OC(C)=O)[C@@H](OC(C)=O)C(=O)Br)[C@H](C)O. The lowest BCUT2D eigenvalue weighted by atomic mass is 10.0. The van der Waals surface area contributed by atoms with Gasteiger partial charge < -0.3 is 19.3 Å². The Morgan fingerprint density at radius 3 is 1.52 bits per heavy atom. The zero-order chi connectivity index (χ0) is 16.7. The number of carbonyl (C=O) groups excluding carboxylic acids is 4. The first-order valence-corrected chi connectivity index (χ1v) is 6.74. The van der Waals surface area contributed by atoms with Gasteiger partial charge >= 0.3 is 17.9 Å². The quantitative estimate of drug-likeness (QED) is 0.381. The zero-order valence-corrected chi connectivity index (χ0v) is 13.6. The van der Waals surface area contributed by atoms with Gasteiger partial charge in [-0.1, -0.05) is 0 Å². The molecule has 0 aliphatic rings. The fourth-order valence-electron chi connectivity index (χ4n) is 1.55. The highest BCUT2D eigenvalue weighted by atomic mass is 79.9. The van der Waals surface area contributed by atoms with E-state index in [0.717, 1.165) is 20.8 Å². The standard InChI is InChI=1S/C12H17BrO8/c1-5(14)9(19-6(2)15)10(20-7(3)16)11(12(13)18)21-8(4)17/h5,9-11,14H,1-4H3/t5-,9-,10+,11+/m0/s1. The van der Waals surface area contributed by atoms with Gasteiger partial charge in [-0.3, -0.25) is 19.2 Å². The Bertz CT molecular complexity index is 419. The highest BCUT2D eigenvalue weighted by Crippen LogP contribution is 2.19. The van der Waals surface area contributed by atoms with Crippen LogP contribution >= 0.6 is 15.9 Å². The minimum Gasteiger partial charge on any atom is -0.456 e. The van der Waals surface area contributed by atoms with Crippen LogP contribution < -0.4 is 0 Å². The number of aliphatic hydroxyl groups excluding tert-OH is 1. The maximum absolute atomic E-state index is 11.5. The molecule has 0 aliphatic carbocycles. The normalized spacial score (nSPS) is 16.1. The van der Waals surface area contributed by atoms with Crippen LogP contribution in [0, 0.1) is 0 Å². The average molecular weight is 369 g/mol. The number of hydrogen-bond acceptors (Lipinski definition) is 8. The summed E-state index contributed by atoms with van der Waals surface area (Å²) in [6.07, 6.45) is -5.70. The Balaban J connectivity index is 5.55. The highest BCUT2D eigenvalue weighted by molar-refractivity contribution is 9.18. The Morgan fingerprint density at radius 2 is 1.24 bits per heavy atom. The molecule has 4 atom stereocenters. The fourth-order valence-corrected chi connectivity index (χ4v) is 1.90. The number of aliphatic hydroxyl groups is 1. The third-order valence-electron chi connectivity index (χ3n) is 2.22. The van der Waals surface area contributed by atoms with Gasteiger partial charge in [0.25, 0.3) is 0 Å². The number of hydrogen-bond donors (Lipinski definition) is 1. The van der Waals surface area contributed by atoms with E-state index in [1.807, 2.05) is 0 Å². The van der Waals surface area contributed by atoms with Crippen LogP contribution in [0.2, 0.25) is 0 Å². The Hall–Kier alpha value is -1.48. The first kappa shape index (κ1) is 19.5. The second kappa shape index (κ2) is 8.73. The molecule has 0 spiro atoms. The van der Waals surface area contributed by atoms with Crippen molar-refractivity contribution in [2.24, 2.45) is 0 Å². The maximum Gasteiger partial charge on any atom is 0.303 e. The Morgan fingerprint density at radius 1 is 0.857 bits per heavy atom. The molecule has 8 nitrogen and oxygen atoms in total. The molecule has 0 aliphatic heterocycles. The lowest BCUT2D eigenvalue weighted by molar-refractivity contribution is -0.191. The van der Waals surface area contributed by atoms with Crippen molar-refractivity contribution in [2.45, 2.75) is 52.1 Å². The maximum atomic E-state index is 11.5. The molecular weight excluding hydrogens is 352 g/mol. The molecule has 0 saturated carbocycles. The van der Waals surface area contributed by atoms with Gasteiger partial charge in [0.15, 0.2) is 12.2 Å². The van der Waals surface area contributed by atoms with Gasteiger partial charge in [0.1, 0.15) is 0 Å². The van der Waals surface area contributed by atoms with Gasteiger partial charge in [-0.05, 0) is 22.9 Å². The van der Waals surface area contributed by atoms with E-state index in [1.54, 1.807) is 0 Å². The van der Waals surface area contributed by atoms with E-state index in [1.165, 1.54) is 6.92 Å². The molecule has 120 valence electrons. The van der Waals surface area contributed by atoms with Crippen LogP contribution in [0.3, 0.4) is 0 Å².